The van der Waals surface area contributed by atoms with Crippen LogP contribution in [0.25, 0.3) is 0 Å². The van der Waals surface area contributed by atoms with E-state index in [0.717, 1.165) is 11.1 Å². The molecule has 0 fully saturated rings. The number of benzene rings is 2. The number of aryl methyl sites for hydroxylation is 1. The maximum Gasteiger partial charge on any atom is 0.314 e. The Kier molecular flexibility index (Phi) is 6.04. The van der Waals surface area contributed by atoms with Crippen LogP contribution >= 0.6 is 11.6 Å². The molecule has 132 valence electrons. The third kappa shape index (κ3) is 4.73. The summed E-state index contributed by atoms with van der Waals surface area (Å²) in [6, 6.07) is 10.6. The summed E-state index contributed by atoms with van der Waals surface area (Å²) in [4.78, 5) is 24.2. The SMILES string of the molecule is COc1cc(Cl)c(C)cc1NC(=O)C(=O)Nc1ccc(C(C)C)cc1. The fraction of sp³-hybridized carbons (Fsp3) is 0.263. The number of halogens is 1. The lowest BCUT2D eigenvalue weighted by Crippen LogP contribution is -2.29. The van der Waals surface area contributed by atoms with E-state index in [1.165, 1.54) is 7.11 Å². The Morgan fingerprint density at radius 2 is 1.64 bits per heavy atom. The van der Waals surface area contributed by atoms with Gasteiger partial charge in [0.1, 0.15) is 5.75 Å². The molecule has 6 heteroatoms. The molecule has 5 nitrogen and oxygen atoms in total. The minimum Gasteiger partial charge on any atom is -0.495 e. The molecule has 2 aromatic rings. The van der Waals surface area contributed by atoms with Gasteiger partial charge in [-0.1, -0.05) is 37.6 Å². The predicted octanol–water partition coefficient (Wildman–Crippen LogP) is 4.36. The van der Waals surface area contributed by atoms with E-state index < -0.39 is 11.8 Å². The maximum atomic E-state index is 12.1. The number of hydrogen-bond donors (Lipinski definition) is 2. The van der Waals surface area contributed by atoms with Gasteiger partial charge in [0.15, 0.2) is 0 Å². The van der Waals surface area contributed by atoms with E-state index in [1.54, 1.807) is 31.2 Å². The number of nitrogens with one attached hydrogen (secondary N) is 2. The largest absolute Gasteiger partial charge is 0.495 e. The molecule has 2 aromatic carbocycles. The molecule has 0 saturated carbocycles. The molecular weight excluding hydrogens is 340 g/mol. The van der Waals surface area contributed by atoms with Gasteiger partial charge in [-0.2, -0.15) is 0 Å². The number of amides is 2. The van der Waals surface area contributed by atoms with Crippen molar-refractivity contribution in [2.24, 2.45) is 0 Å². The van der Waals surface area contributed by atoms with E-state index in [0.29, 0.717) is 28.1 Å². The summed E-state index contributed by atoms with van der Waals surface area (Å²) in [6.45, 7) is 5.97. The number of carbonyl (C=O) groups excluding carboxylic acids is 2. The van der Waals surface area contributed by atoms with Crippen molar-refractivity contribution in [1.82, 2.24) is 0 Å². The van der Waals surface area contributed by atoms with Gasteiger partial charge in [-0.05, 0) is 42.2 Å². The van der Waals surface area contributed by atoms with Crippen LogP contribution in [0.1, 0.15) is 30.9 Å². The van der Waals surface area contributed by atoms with Crippen molar-refractivity contribution in [3.63, 3.8) is 0 Å². The zero-order chi connectivity index (χ0) is 18.6. The fourth-order valence-corrected chi connectivity index (χ4v) is 2.40. The molecule has 0 spiro atoms. The molecule has 0 heterocycles. The average Bonchev–Trinajstić information content (AvgIpc) is 2.58. The standard InChI is InChI=1S/C19H21ClN2O3/c1-11(2)13-5-7-14(8-6-13)21-18(23)19(24)22-16-9-12(3)15(20)10-17(16)25-4/h5-11H,1-4H3,(H,21,23)(H,22,24). The molecular formula is C19H21ClN2O3. The van der Waals surface area contributed by atoms with Gasteiger partial charge < -0.3 is 15.4 Å². The topological polar surface area (TPSA) is 67.4 Å². The predicted molar refractivity (Wildman–Crippen MR) is 101 cm³/mol. The van der Waals surface area contributed by atoms with E-state index in [4.69, 9.17) is 16.3 Å². The van der Waals surface area contributed by atoms with Crippen LogP contribution in [0, 0.1) is 6.92 Å². The first-order valence-corrected chi connectivity index (χ1v) is 8.26. The third-order valence-corrected chi connectivity index (χ3v) is 4.18. The van der Waals surface area contributed by atoms with Crippen LogP contribution in [-0.4, -0.2) is 18.9 Å². The highest BCUT2D eigenvalue weighted by molar-refractivity contribution is 6.43. The summed E-state index contributed by atoms with van der Waals surface area (Å²) in [5, 5.41) is 5.64. The molecule has 2 rings (SSSR count). The van der Waals surface area contributed by atoms with E-state index in [9.17, 15) is 9.59 Å². The second-order valence-corrected chi connectivity index (χ2v) is 6.39. The Hall–Kier alpha value is -2.53. The first-order valence-electron chi connectivity index (χ1n) is 7.88. The first kappa shape index (κ1) is 18.8. The minimum atomic E-state index is -0.784. The minimum absolute atomic E-state index is 0.387. The Bertz CT molecular complexity index is 786. The summed E-state index contributed by atoms with van der Waals surface area (Å²) < 4.78 is 5.18. The highest BCUT2D eigenvalue weighted by atomic mass is 35.5. The van der Waals surface area contributed by atoms with Crippen molar-refractivity contribution in [2.75, 3.05) is 17.7 Å². The third-order valence-electron chi connectivity index (χ3n) is 3.77. The van der Waals surface area contributed by atoms with Crippen LogP contribution < -0.4 is 15.4 Å². The monoisotopic (exact) mass is 360 g/mol. The van der Waals surface area contributed by atoms with Gasteiger partial charge in [-0.3, -0.25) is 9.59 Å². The molecule has 0 aliphatic carbocycles. The summed E-state index contributed by atoms with van der Waals surface area (Å²) in [5.74, 6) is -0.758. The number of rotatable bonds is 4. The molecule has 2 amide bonds. The van der Waals surface area contributed by atoms with E-state index in [2.05, 4.69) is 24.5 Å². The highest BCUT2D eigenvalue weighted by Gasteiger charge is 2.17. The summed E-state index contributed by atoms with van der Waals surface area (Å²) in [5.41, 5.74) is 2.87. The van der Waals surface area contributed by atoms with Crippen molar-refractivity contribution in [1.29, 1.82) is 0 Å². The highest BCUT2D eigenvalue weighted by Crippen LogP contribution is 2.30. The van der Waals surface area contributed by atoms with E-state index in [1.807, 2.05) is 12.1 Å². The van der Waals surface area contributed by atoms with E-state index in [-0.39, 0.29) is 0 Å². The Morgan fingerprint density at radius 1 is 1.04 bits per heavy atom. The van der Waals surface area contributed by atoms with Crippen molar-refractivity contribution in [3.05, 3.63) is 52.5 Å². The summed E-state index contributed by atoms with van der Waals surface area (Å²) >= 11 is 6.03. The zero-order valence-electron chi connectivity index (χ0n) is 14.6. The van der Waals surface area contributed by atoms with Gasteiger partial charge in [0.05, 0.1) is 12.8 Å². The second-order valence-electron chi connectivity index (χ2n) is 5.99. The quantitative estimate of drug-likeness (QED) is 0.796. The van der Waals surface area contributed by atoms with Crippen LogP contribution in [0.5, 0.6) is 5.75 Å². The van der Waals surface area contributed by atoms with Gasteiger partial charge in [0.2, 0.25) is 0 Å². The van der Waals surface area contributed by atoms with Gasteiger partial charge in [0, 0.05) is 16.8 Å². The van der Waals surface area contributed by atoms with Gasteiger partial charge in [0.25, 0.3) is 0 Å². The van der Waals surface area contributed by atoms with Gasteiger partial charge in [-0.25, -0.2) is 0 Å². The van der Waals surface area contributed by atoms with Crippen LogP contribution in [0.4, 0.5) is 11.4 Å². The summed E-state index contributed by atoms with van der Waals surface area (Å²) in [7, 11) is 1.47. The number of methoxy groups -OCH3 is 1. The lowest BCUT2D eigenvalue weighted by Gasteiger charge is -2.12. The fourth-order valence-electron chi connectivity index (χ4n) is 2.25. The Balaban J connectivity index is 2.08. The molecule has 0 saturated heterocycles. The van der Waals surface area contributed by atoms with Crippen molar-refractivity contribution >= 4 is 34.8 Å². The number of hydrogen-bond acceptors (Lipinski definition) is 3. The first-order chi connectivity index (χ1) is 11.8. The molecule has 0 unspecified atom stereocenters. The molecule has 0 aliphatic heterocycles. The molecule has 0 radical (unpaired) electrons. The molecule has 0 bridgehead atoms. The van der Waals surface area contributed by atoms with Gasteiger partial charge in [-0.15, -0.1) is 0 Å². The van der Waals surface area contributed by atoms with Crippen LogP contribution in [0.15, 0.2) is 36.4 Å². The van der Waals surface area contributed by atoms with Crippen molar-refractivity contribution in [3.8, 4) is 5.75 Å². The number of anilines is 2. The second kappa shape index (κ2) is 8.03. The van der Waals surface area contributed by atoms with Crippen molar-refractivity contribution < 1.29 is 14.3 Å². The molecule has 2 N–H and O–H groups in total. The lowest BCUT2D eigenvalue weighted by molar-refractivity contribution is -0.133. The average molecular weight is 361 g/mol. The maximum absolute atomic E-state index is 12.1. The lowest BCUT2D eigenvalue weighted by atomic mass is 10.0. The van der Waals surface area contributed by atoms with E-state index >= 15 is 0 Å². The zero-order valence-corrected chi connectivity index (χ0v) is 15.4. The molecule has 0 aromatic heterocycles. The number of carbonyl (C=O) groups is 2. The van der Waals surface area contributed by atoms with Crippen LogP contribution in [-0.2, 0) is 9.59 Å². The molecule has 25 heavy (non-hydrogen) atoms. The van der Waals surface area contributed by atoms with Gasteiger partial charge >= 0.3 is 11.8 Å². The van der Waals surface area contributed by atoms with Crippen molar-refractivity contribution in [2.45, 2.75) is 26.7 Å². The molecule has 0 atom stereocenters. The normalized spacial score (nSPS) is 10.5. The summed E-state index contributed by atoms with van der Waals surface area (Å²) in [6.07, 6.45) is 0. The smallest absolute Gasteiger partial charge is 0.314 e. The Morgan fingerprint density at radius 3 is 2.20 bits per heavy atom. The Labute approximate surface area is 152 Å². The molecule has 0 aliphatic rings. The van der Waals surface area contributed by atoms with Crippen LogP contribution in [0.3, 0.4) is 0 Å². The number of ether oxygens (including phenoxy) is 1. The van der Waals surface area contributed by atoms with Crippen LogP contribution in [0.2, 0.25) is 5.02 Å².